The van der Waals surface area contributed by atoms with Gasteiger partial charge in [0.05, 0.1) is 25.6 Å². The molecule has 1 atom stereocenters. The first-order chi connectivity index (χ1) is 10.2. The number of carbonyl (C=O) groups excluding carboxylic acids is 1. The second-order valence-corrected chi connectivity index (χ2v) is 4.85. The van der Waals surface area contributed by atoms with E-state index in [9.17, 15) is 4.79 Å². The Morgan fingerprint density at radius 2 is 2.48 bits per heavy atom. The number of hydrogen-bond acceptors (Lipinski definition) is 4. The van der Waals surface area contributed by atoms with Crippen molar-refractivity contribution in [2.75, 3.05) is 25.6 Å². The molecule has 1 aromatic rings. The zero-order chi connectivity index (χ0) is 15.1. The summed E-state index contributed by atoms with van der Waals surface area (Å²) in [6, 6.07) is 1.83. The van der Waals surface area contributed by atoms with E-state index in [0.29, 0.717) is 17.5 Å². The van der Waals surface area contributed by atoms with Gasteiger partial charge in [0.2, 0.25) is 11.8 Å². The molecule has 1 aliphatic heterocycles. The highest BCUT2D eigenvalue weighted by molar-refractivity contribution is 5.98. The summed E-state index contributed by atoms with van der Waals surface area (Å²) < 4.78 is 10.7. The van der Waals surface area contributed by atoms with Crippen molar-refractivity contribution in [3.05, 3.63) is 36.6 Å². The van der Waals surface area contributed by atoms with Gasteiger partial charge in [0.1, 0.15) is 0 Å². The maximum absolute atomic E-state index is 11.3. The third kappa shape index (κ3) is 4.43. The van der Waals surface area contributed by atoms with E-state index in [-0.39, 0.29) is 5.91 Å². The number of rotatable bonds is 5. The molecule has 1 N–H and O–H groups in total. The Kier molecular flexibility index (Phi) is 5.51. The van der Waals surface area contributed by atoms with E-state index >= 15 is 0 Å². The Morgan fingerprint density at radius 3 is 3.14 bits per heavy atom. The Balaban J connectivity index is 2.14. The monoisotopic (exact) mass is 288 g/mol. The van der Waals surface area contributed by atoms with Crippen molar-refractivity contribution in [3.8, 4) is 5.88 Å². The number of aromatic nitrogens is 1. The third-order valence-corrected chi connectivity index (χ3v) is 3.27. The number of pyridine rings is 1. The van der Waals surface area contributed by atoms with E-state index in [0.717, 1.165) is 31.6 Å². The number of anilines is 1. The predicted octanol–water partition coefficient (Wildman–Crippen LogP) is 2.65. The van der Waals surface area contributed by atoms with Gasteiger partial charge in [-0.1, -0.05) is 18.7 Å². The molecule has 1 fully saturated rings. The average Bonchev–Trinajstić information content (AvgIpc) is 2.54. The van der Waals surface area contributed by atoms with Crippen molar-refractivity contribution < 1.29 is 14.3 Å². The number of nitrogens with one attached hydrogen (secondary N) is 1. The van der Waals surface area contributed by atoms with E-state index in [2.05, 4.69) is 23.0 Å². The SMILES string of the molecule is C=CC(=O)Nc1cnc(OC)c(/C=C/[C@H]2CCCOC2)c1. The Labute approximate surface area is 124 Å². The molecule has 2 heterocycles. The van der Waals surface area contributed by atoms with Crippen LogP contribution < -0.4 is 10.1 Å². The van der Waals surface area contributed by atoms with Gasteiger partial charge in [0.15, 0.2) is 0 Å². The summed E-state index contributed by atoms with van der Waals surface area (Å²) in [5.41, 5.74) is 1.44. The fourth-order valence-electron chi connectivity index (χ4n) is 2.18. The number of ether oxygens (including phenoxy) is 2. The van der Waals surface area contributed by atoms with Crippen LogP contribution >= 0.6 is 0 Å². The lowest BCUT2D eigenvalue weighted by Crippen LogP contribution is -2.14. The first-order valence-electron chi connectivity index (χ1n) is 6.96. The number of nitrogens with zero attached hydrogens (tertiary/aromatic N) is 1. The lowest BCUT2D eigenvalue weighted by Gasteiger charge is -2.18. The van der Waals surface area contributed by atoms with Crippen LogP contribution in [0, 0.1) is 5.92 Å². The maximum atomic E-state index is 11.3. The van der Waals surface area contributed by atoms with Gasteiger partial charge in [-0.15, -0.1) is 0 Å². The fraction of sp³-hybridized carbons (Fsp3) is 0.375. The molecule has 0 radical (unpaired) electrons. The van der Waals surface area contributed by atoms with Gasteiger partial charge in [-0.3, -0.25) is 4.79 Å². The number of hydrogen-bond donors (Lipinski definition) is 1. The van der Waals surface area contributed by atoms with Crippen molar-refractivity contribution >= 4 is 17.7 Å². The summed E-state index contributed by atoms with van der Waals surface area (Å²) in [7, 11) is 1.57. The van der Waals surface area contributed by atoms with Crippen LogP contribution in [0.25, 0.3) is 6.08 Å². The van der Waals surface area contributed by atoms with Gasteiger partial charge >= 0.3 is 0 Å². The van der Waals surface area contributed by atoms with Gasteiger partial charge < -0.3 is 14.8 Å². The van der Waals surface area contributed by atoms with Gasteiger partial charge in [-0.25, -0.2) is 4.98 Å². The lowest BCUT2D eigenvalue weighted by molar-refractivity contribution is -0.111. The molecule has 5 nitrogen and oxygen atoms in total. The molecule has 5 heteroatoms. The van der Waals surface area contributed by atoms with Crippen LogP contribution in [-0.4, -0.2) is 31.2 Å². The maximum Gasteiger partial charge on any atom is 0.247 e. The van der Waals surface area contributed by atoms with E-state index in [1.807, 2.05) is 12.1 Å². The smallest absolute Gasteiger partial charge is 0.247 e. The number of methoxy groups -OCH3 is 1. The van der Waals surface area contributed by atoms with Crippen LogP contribution in [0.2, 0.25) is 0 Å². The molecule has 1 saturated heterocycles. The summed E-state index contributed by atoms with van der Waals surface area (Å²) in [4.78, 5) is 15.5. The van der Waals surface area contributed by atoms with Crippen LogP contribution in [0.5, 0.6) is 5.88 Å². The second kappa shape index (κ2) is 7.59. The second-order valence-electron chi connectivity index (χ2n) is 4.85. The normalized spacial score (nSPS) is 18.4. The molecule has 1 amide bonds. The average molecular weight is 288 g/mol. The van der Waals surface area contributed by atoms with E-state index in [1.165, 1.54) is 6.08 Å². The number of carbonyl (C=O) groups is 1. The largest absolute Gasteiger partial charge is 0.481 e. The van der Waals surface area contributed by atoms with Crippen LogP contribution in [0.1, 0.15) is 18.4 Å². The van der Waals surface area contributed by atoms with Gasteiger partial charge in [-0.05, 0) is 25.0 Å². The number of amides is 1. The summed E-state index contributed by atoms with van der Waals surface area (Å²) in [6.45, 7) is 5.02. The Hall–Kier alpha value is -2.14. The standard InChI is InChI=1S/C16H20N2O3/c1-3-15(19)18-14-9-13(16(20-2)17-10-14)7-6-12-5-4-8-21-11-12/h3,6-7,9-10,12H,1,4-5,8,11H2,2H3,(H,18,19)/b7-6+/t12-/m1/s1. The van der Waals surface area contributed by atoms with Crippen molar-refractivity contribution in [3.63, 3.8) is 0 Å². The minimum atomic E-state index is -0.266. The molecule has 0 unspecified atom stereocenters. The summed E-state index contributed by atoms with van der Waals surface area (Å²) >= 11 is 0. The Morgan fingerprint density at radius 1 is 1.62 bits per heavy atom. The highest BCUT2D eigenvalue weighted by Crippen LogP contribution is 2.23. The highest BCUT2D eigenvalue weighted by atomic mass is 16.5. The van der Waals surface area contributed by atoms with Crippen molar-refractivity contribution in [2.24, 2.45) is 5.92 Å². The van der Waals surface area contributed by atoms with Crippen LogP contribution in [0.4, 0.5) is 5.69 Å². The molecule has 0 aromatic carbocycles. The molecule has 21 heavy (non-hydrogen) atoms. The molecular weight excluding hydrogens is 268 g/mol. The predicted molar refractivity (Wildman–Crippen MR) is 82.2 cm³/mol. The van der Waals surface area contributed by atoms with Gasteiger partial charge in [-0.2, -0.15) is 0 Å². The molecule has 0 bridgehead atoms. The first-order valence-corrected chi connectivity index (χ1v) is 6.96. The van der Waals surface area contributed by atoms with E-state index in [1.54, 1.807) is 13.3 Å². The molecule has 112 valence electrons. The fourth-order valence-corrected chi connectivity index (χ4v) is 2.18. The molecule has 0 spiro atoms. The van der Waals surface area contributed by atoms with E-state index < -0.39 is 0 Å². The molecule has 0 aliphatic carbocycles. The van der Waals surface area contributed by atoms with Crippen molar-refractivity contribution in [1.29, 1.82) is 0 Å². The highest BCUT2D eigenvalue weighted by Gasteiger charge is 2.11. The van der Waals surface area contributed by atoms with Crippen molar-refractivity contribution in [1.82, 2.24) is 4.98 Å². The molecule has 1 aliphatic rings. The van der Waals surface area contributed by atoms with Crippen LogP contribution in [0.15, 0.2) is 31.0 Å². The summed E-state index contributed by atoms with van der Waals surface area (Å²) in [6.07, 6.45) is 9.06. The van der Waals surface area contributed by atoms with E-state index in [4.69, 9.17) is 9.47 Å². The first kappa shape index (κ1) is 15.3. The molecular formula is C16H20N2O3. The van der Waals surface area contributed by atoms with Gasteiger partial charge in [0.25, 0.3) is 0 Å². The third-order valence-electron chi connectivity index (χ3n) is 3.27. The minimum Gasteiger partial charge on any atom is -0.481 e. The zero-order valence-electron chi connectivity index (χ0n) is 12.2. The molecule has 0 saturated carbocycles. The topological polar surface area (TPSA) is 60.5 Å². The van der Waals surface area contributed by atoms with Crippen LogP contribution in [0.3, 0.4) is 0 Å². The zero-order valence-corrected chi connectivity index (χ0v) is 12.2. The molecule has 2 rings (SSSR count). The summed E-state index contributed by atoms with van der Waals surface area (Å²) in [5.74, 6) is 0.673. The van der Waals surface area contributed by atoms with Crippen LogP contribution in [-0.2, 0) is 9.53 Å². The van der Waals surface area contributed by atoms with Gasteiger partial charge in [0, 0.05) is 18.1 Å². The molecule has 1 aromatic heterocycles. The minimum absolute atomic E-state index is 0.266. The summed E-state index contributed by atoms with van der Waals surface area (Å²) in [5, 5.41) is 2.69. The van der Waals surface area contributed by atoms with Crippen molar-refractivity contribution in [2.45, 2.75) is 12.8 Å². The Bertz CT molecular complexity index is 534. The lowest BCUT2D eigenvalue weighted by atomic mass is 10.0. The quantitative estimate of drug-likeness (QED) is 0.846.